The topological polar surface area (TPSA) is 119 Å². The quantitative estimate of drug-likeness (QED) is 0.0588. The highest BCUT2D eigenvalue weighted by Gasteiger charge is 2.65. The third-order valence-electron chi connectivity index (χ3n) is 11.7. The van der Waals surface area contributed by atoms with E-state index in [0.29, 0.717) is 44.0 Å². The molecule has 0 radical (unpaired) electrons. The Morgan fingerprint density at radius 1 is 0.966 bits per heavy atom. The maximum atomic E-state index is 14.7. The molecule has 3 aliphatic rings. The molecule has 1 fully saturated rings. The van der Waals surface area contributed by atoms with Gasteiger partial charge in [0.15, 0.2) is 0 Å². The highest BCUT2D eigenvalue weighted by atomic mass is 16.7. The Balaban J connectivity index is 1.61. The van der Waals surface area contributed by atoms with Crippen LogP contribution < -0.4 is 9.47 Å². The smallest absolute Gasteiger partial charge is 0.410 e. The number of rotatable bonds is 22. The van der Waals surface area contributed by atoms with Gasteiger partial charge >= 0.3 is 6.09 Å². The van der Waals surface area contributed by atoms with E-state index in [4.69, 9.17) is 28.9 Å². The van der Waals surface area contributed by atoms with Crippen LogP contribution in [0.5, 0.6) is 11.5 Å². The summed E-state index contributed by atoms with van der Waals surface area (Å²) in [6.45, 7) is 15.1. The van der Waals surface area contributed by atoms with Crippen LogP contribution in [-0.2, 0) is 20.9 Å². The third-order valence-corrected chi connectivity index (χ3v) is 11.7. The van der Waals surface area contributed by atoms with Crippen molar-refractivity contribution in [1.29, 1.82) is 0 Å². The largest absolute Gasteiger partial charge is 0.490 e. The Kier molecular flexibility index (Phi) is 15.2. The Bertz CT molecular complexity index is 1940. The number of oxime groups is 1. The van der Waals surface area contributed by atoms with Gasteiger partial charge in [-0.2, -0.15) is 0 Å². The number of ether oxygens (including phenoxy) is 4. The molecule has 1 saturated carbocycles. The van der Waals surface area contributed by atoms with Crippen molar-refractivity contribution in [2.45, 2.75) is 82.6 Å². The molecule has 0 spiro atoms. The van der Waals surface area contributed by atoms with Crippen LogP contribution in [0.15, 0.2) is 115 Å². The van der Waals surface area contributed by atoms with Crippen LogP contribution >= 0.6 is 0 Å². The summed E-state index contributed by atoms with van der Waals surface area (Å²) in [5.74, 6) is -0.495. The van der Waals surface area contributed by atoms with E-state index in [1.54, 1.807) is 23.1 Å². The number of aliphatic hydroxyl groups excluding tert-OH is 2. The zero-order chi connectivity index (χ0) is 40.9. The molecule has 0 bridgehead atoms. The Morgan fingerprint density at radius 3 is 2.50 bits per heavy atom. The third kappa shape index (κ3) is 9.20. The molecule has 10 heteroatoms. The van der Waals surface area contributed by atoms with Gasteiger partial charge in [-0.15, -0.1) is 13.2 Å². The van der Waals surface area contributed by atoms with Gasteiger partial charge in [-0.3, -0.25) is 4.90 Å². The summed E-state index contributed by atoms with van der Waals surface area (Å²) in [7, 11) is 0. The zero-order valence-corrected chi connectivity index (χ0v) is 33.9. The molecule has 6 unspecified atom stereocenters. The number of aliphatic hydroxyl groups is 2. The highest BCUT2D eigenvalue weighted by Crippen LogP contribution is 2.62. The fraction of sp³-hybridized carbons (Fsp3) is 0.458. The van der Waals surface area contributed by atoms with E-state index in [1.807, 2.05) is 43.3 Å². The Labute approximate surface area is 343 Å². The maximum absolute atomic E-state index is 14.7. The molecule has 0 saturated heterocycles. The molecule has 3 aromatic carbocycles. The lowest BCUT2D eigenvalue weighted by atomic mass is 9.55. The average Bonchev–Trinajstić information content (AvgIpc) is 3.24. The predicted molar refractivity (Wildman–Crippen MR) is 228 cm³/mol. The van der Waals surface area contributed by atoms with Crippen LogP contribution in [0.1, 0.15) is 75.3 Å². The van der Waals surface area contributed by atoms with Gasteiger partial charge in [0, 0.05) is 31.1 Å². The number of hydrogen-bond donors (Lipinski definition) is 2. The zero-order valence-electron chi connectivity index (χ0n) is 33.9. The van der Waals surface area contributed by atoms with Gasteiger partial charge in [0.1, 0.15) is 30.8 Å². The second kappa shape index (κ2) is 20.7. The fourth-order valence-electron chi connectivity index (χ4n) is 9.26. The van der Waals surface area contributed by atoms with E-state index in [0.717, 1.165) is 58.9 Å². The van der Waals surface area contributed by atoms with E-state index in [2.05, 4.69) is 50.1 Å². The molecule has 1 aliphatic heterocycles. The Hall–Kier alpha value is -4.90. The molecule has 310 valence electrons. The average molecular weight is 793 g/mol. The first-order valence-electron chi connectivity index (χ1n) is 20.9. The van der Waals surface area contributed by atoms with E-state index in [1.165, 1.54) is 0 Å². The van der Waals surface area contributed by atoms with Gasteiger partial charge in [0.05, 0.1) is 31.4 Å². The molecule has 6 atom stereocenters. The van der Waals surface area contributed by atoms with Crippen LogP contribution in [0.4, 0.5) is 4.79 Å². The summed E-state index contributed by atoms with van der Waals surface area (Å²) >= 11 is 0. The minimum Gasteiger partial charge on any atom is -0.490 e. The van der Waals surface area contributed by atoms with E-state index < -0.39 is 23.8 Å². The van der Waals surface area contributed by atoms with Crippen molar-refractivity contribution in [2.24, 2.45) is 22.9 Å². The van der Waals surface area contributed by atoms with E-state index >= 15 is 0 Å². The summed E-state index contributed by atoms with van der Waals surface area (Å²) < 4.78 is 26.6. The highest BCUT2D eigenvalue weighted by molar-refractivity contribution is 6.03. The summed E-state index contributed by atoms with van der Waals surface area (Å²) in [5.41, 5.74) is 3.64. The van der Waals surface area contributed by atoms with Crippen molar-refractivity contribution in [3.8, 4) is 11.5 Å². The van der Waals surface area contributed by atoms with Crippen LogP contribution in [-0.4, -0.2) is 78.4 Å². The first-order valence-corrected chi connectivity index (χ1v) is 20.9. The summed E-state index contributed by atoms with van der Waals surface area (Å²) in [6, 6.07) is 19.5. The number of benzene rings is 3. The lowest BCUT2D eigenvalue weighted by Crippen LogP contribution is -2.70. The molecule has 10 nitrogen and oxygen atoms in total. The van der Waals surface area contributed by atoms with Crippen molar-refractivity contribution >= 4 is 22.6 Å². The number of carbonyl (C=O) groups excluding carboxylic acids is 1. The summed E-state index contributed by atoms with van der Waals surface area (Å²) in [5, 5.41) is 26.7. The van der Waals surface area contributed by atoms with Gasteiger partial charge in [-0.25, -0.2) is 4.79 Å². The van der Waals surface area contributed by atoms with Gasteiger partial charge < -0.3 is 34.0 Å². The SMILES string of the molecule is C=CCCOC(=O)N(Cc1cccc2ccccc12)C1CC(=NOCC)C2=CC(CCCCO)C(CCCCO)C3c4cc(OCC=C)ccc4OC1(OCC=C)C23. The van der Waals surface area contributed by atoms with Gasteiger partial charge in [0.25, 0.3) is 0 Å². The van der Waals surface area contributed by atoms with Crippen molar-refractivity contribution in [3.05, 3.63) is 121 Å². The monoisotopic (exact) mass is 792 g/mol. The molecule has 0 aromatic heterocycles. The molecular formula is C48H60N2O8. The first-order chi connectivity index (χ1) is 28.4. The lowest BCUT2D eigenvalue weighted by molar-refractivity contribution is -0.256. The van der Waals surface area contributed by atoms with Crippen LogP contribution in [0.3, 0.4) is 0 Å². The minimum absolute atomic E-state index is 0.0844. The number of nitrogens with zero attached hydrogens (tertiary/aromatic N) is 2. The lowest BCUT2D eigenvalue weighted by Gasteiger charge is -2.59. The number of unbranched alkanes of at least 4 members (excludes halogenated alkanes) is 2. The number of carbonyl (C=O) groups is 1. The number of amides is 1. The van der Waals surface area contributed by atoms with Gasteiger partial charge in [-0.05, 0) is 91.0 Å². The second-order valence-electron chi connectivity index (χ2n) is 15.2. The first kappa shape index (κ1) is 42.7. The molecule has 1 heterocycles. The molecule has 58 heavy (non-hydrogen) atoms. The van der Waals surface area contributed by atoms with Crippen LogP contribution in [0, 0.1) is 17.8 Å². The molecule has 6 rings (SSSR count). The maximum Gasteiger partial charge on any atom is 0.410 e. The normalized spacial score (nSPS) is 23.8. The van der Waals surface area contributed by atoms with Crippen molar-refractivity contribution in [3.63, 3.8) is 0 Å². The fourth-order valence-corrected chi connectivity index (χ4v) is 9.26. The second-order valence-corrected chi connectivity index (χ2v) is 15.2. The van der Waals surface area contributed by atoms with Crippen LogP contribution in [0.2, 0.25) is 0 Å². The molecular weight excluding hydrogens is 733 g/mol. The molecule has 2 aliphatic carbocycles. The van der Waals surface area contributed by atoms with Crippen molar-refractivity contribution in [1.82, 2.24) is 4.90 Å². The minimum atomic E-state index is -1.42. The summed E-state index contributed by atoms with van der Waals surface area (Å²) in [4.78, 5) is 22.4. The van der Waals surface area contributed by atoms with E-state index in [9.17, 15) is 15.0 Å². The van der Waals surface area contributed by atoms with Crippen molar-refractivity contribution < 1.29 is 38.8 Å². The van der Waals surface area contributed by atoms with Gasteiger partial charge in [-0.1, -0.05) is 91.3 Å². The number of allylic oxidation sites excluding steroid dienone is 1. The standard InChI is InChI=1S/C48H60N2O8/c1-5-9-29-55-47(53)50(33-36-20-16-19-34-17-10-11-21-38(34)36)44-32-42(49-57-8-4)40-30-35(18-12-14-25-51)39(22-13-15-26-52)45-41-31-37(54-27-6-2)23-24-43(41)58-48(44,46(40)45)56-28-7-3/h5-7,10-11,16-17,19-21,23-24,30-31,35,39,44-46,51-52H,1-3,8-9,12-15,18,22,25-29,32-33H2,4H3. The number of fused-ring (bicyclic) bond motifs is 3. The summed E-state index contributed by atoms with van der Waals surface area (Å²) in [6.07, 6.45) is 12.5. The van der Waals surface area contributed by atoms with Gasteiger partial charge in [0.2, 0.25) is 5.79 Å². The van der Waals surface area contributed by atoms with Crippen molar-refractivity contribution in [2.75, 3.05) is 39.6 Å². The predicted octanol–water partition coefficient (Wildman–Crippen LogP) is 9.27. The Morgan fingerprint density at radius 2 is 1.74 bits per heavy atom. The molecule has 2 N–H and O–H groups in total. The van der Waals surface area contributed by atoms with E-state index in [-0.39, 0.29) is 57.1 Å². The molecule has 3 aromatic rings. The van der Waals surface area contributed by atoms with Crippen LogP contribution in [0.25, 0.3) is 10.8 Å². The molecule has 1 amide bonds. The number of hydrogen-bond acceptors (Lipinski definition) is 9.